The van der Waals surface area contributed by atoms with E-state index in [1.807, 2.05) is 25.1 Å². The highest BCUT2D eigenvalue weighted by Crippen LogP contribution is 2.33. The first-order valence-electron chi connectivity index (χ1n) is 6.53. The van der Waals surface area contributed by atoms with Crippen molar-refractivity contribution in [2.45, 2.75) is 6.92 Å². The first-order valence-corrected chi connectivity index (χ1v) is 6.53. The summed E-state index contributed by atoms with van der Waals surface area (Å²) in [6, 6.07) is 5.44. The van der Waals surface area contributed by atoms with Gasteiger partial charge in [0.25, 0.3) is 0 Å². The number of nitrogens with two attached hydrogens (primary N) is 1. The Morgan fingerprint density at radius 1 is 1.14 bits per heavy atom. The molecular formula is C14H19N5O2. The highest BCUT2D eigenvalue weighted by atomic mass is 16.5. The number of aromatic nitrogens is 2. The molecule has 0 aliphatic rings. The standard InChI is InChI=1S/C14H19N5O2/c1-4-16-13-12(15)14(18-8-17-13)19-10-7-9(20-2)5-6-11(10)21-3/h5-8H,4,15H2,1-3H3,(H2,16,17,18,19). The summed E-state index contributed by atoms with van der Waals surface area (Å²) in [6.07, 6.45) is 1.45. The predicted molar refractivity (Wildman–Crippen MR) is 83.4 cm³/mol. The molecule has 2 aromatic rings. The molecule has 21 heavy (non-hydrogen) atoms. The number of nitrogen functional groups attached to an aromatic ring is 1. The fourth-order valence-corrected chi connectivity index (χ4v) is 1.84. The monoisotopic (exact) mass is 289 g/mol. The van der Waals surface area contributed by atoms with E-state index in [4.69, 9.17) is 15.2 Å². The van der Waals surface area contributed by atoms with Gasteiger partial charge < -0.3 is 25.8 Å². The summed E-state index contributed by atoms with van der Waals surface area (Å²) in [5, 5.41) is 6.23. The van der Waals surface area contributed by atoms with E-state index in [0.29, 0.717) is 34.5 Å². The zero-order chi connectivity index (χ0) is 15.2. The third kappa shape index (κ3) is 3.25. The quantitative estimate of drug-likeness (QED) is 0.750. The van der Waals surface area contributed by atoms with Crippen molar-refractivity contribution in [3.05, 3.63) is 24.5 Å². The minimum Gasteiger partial charge on any atom is -0.497 e. The van der Waals surface area contributed by atoms with Crippen LogP contribution in [0.3, 0.4) is 0 Å². The molecule has 1 aromatic heterocycles. The van der Waals surface area contributed by atoms with Gasteiger partial charge in [-0.05, 0) is 19.1 Å². The summed E-state index contributed by atoms with van der Waals surface area (Å²) >= 11 is 0. The lowest BCUT2D eigenvalue weighted by atomic mass is 10.2. The van der Waals surface area contributed by atoms with Gasteiger partial charge >= 0.3 is 0 Å². The van der Waals surface area contributed by atoms with Crippen molar-refractivity contribution in [3.8, 4) is 11.5 Å². The zero-order valence-electron chi connectivity index (χ0n) is 12.3. The van der Waals surface area contributed by atoms with Gasteiger partial charge in [0.15, 0.2) is 11.6 Å². The molecule has 0 saturated carbocycles. The van der Waals surface area contributed by atoms with Gasteiger partial charge in [0.1, 0.15) is 23.5 Å². The van der Waals surface area contributed by atoms with Gasteiger partial charge in [-0.1, -0.05) is 0 Å². The van der Waals surface area contributed by atoms with Crippen molar-refractivity contribution >= 4 is 23.0 Å². The van der Waals surface area contributed by atoms with Crippen LogP contribution in [-0.4, -0.2) is 30.7 Å². The highest BCUT2D eigenvalue weighted by molar-refractivity contribution is 5.79. The molecule has 0 saturated heterocycles. The minimum atomic E-state index is 0.448. The number of benzene rings is 1. The summed E-state index contributed by atoms with van der Waals surface area (Å²) in [4.78, 5) is 8.27. The lowest BCUT2D eigenvalue weighted by molar-refractivity contribution is 0.405. The maximum atomic E-state index is 6.06. The lowest BCUT2D eigenvalue weighted by Crippen LogP contribution is -2.07. The van der Waals surface area contributed by atoms with Gasteiger partial charge in [-0.2, -0.15) is 0 Å². The average Bonchev–Trinajstić information content (AvgIpc) is 2.51. The first kappa shape index (κ1) is 14.7. The molecule has 0 unspecified atom stereocenters. The summed E-state index contributed by atoms with van der Waals surface area (Å²) in [7, 11) is 3.20. The number of hydrogen-bond acceptors (Lipinski definition) is 7. The fourth-order valence-electron chi connectivity index (χ4n) is 1.84. The fraction of sp³-hybridized carbons (Fsp3) is 0.286. The third-order valence-corrected chi connectivity index (χ3v) is 2.89. The molecule has 0 atom stereocenters. The summed E-state index contributed by atoms with van der Waals surface area (Å²) in [6.45, 7) is 2.70. The molecule has 0 bridgehead atoms. The summed E-state index contributed by atoms with van der Waals surface area (Å²) in [5.41, 5.74) is 7.22. The van der Waals surface area contributed by atoms with Gasteiger partial charge in [0, 0.05) is 12.6 Å². The van der Waals surface area contributed by atoms with E-state index in [9.17, 15) is 0 Å². The van der Waals surface area contributed by atoms with Crippen molar-refractivity contribution in [2.24, 2.45) is 0 Å². The van der Waals surface area contributed by atoms with E-state index in [2.05, 4.69) is 20.6 Å². The molecule has 0 spiro atoms. The van der Waals surface area contributed by atoms with Gasteiger partial charge in [-0.25, -0.2) is 9.97 Å². The molecule has 0 aliphatic heterocycles. The predicted octanol–water partition coefficient (Wildman–Crippen LogP) is 2.25. The molecule has 0 radical (unpaired) electrons. The molecule has 0 fully saturated rings. The van der Waals surface area contributed by atoms with E-state index < -0.39 is 0 Å². The average molecular weight is 289 g/mol. The van der Waals surface area contributed by atoms with E-state index in [-0.39, 0.29) is 0 Å². The zero-order valence-corrected chi connectivity index (χ0v) is 12.3. The number of nitrogens with one attached hydrogen (secondary N) is 2. The second-order valence-corrected chi connectivity index (χ2v) is 4.21. The molecule has 7 nitrogen and oxygen atoms in total. The number of hydrogen-bond donors (Lipinski definition) is 3. The van der Waals surface area contributed by atoms with Crippen molar-refractivity contribution < 1.29 is 9.47 Å². The Hall–Kier alpha value is -2.70. The van der Waals surface area contributed by atoms with E-state index >= 15 is 0 Å². The Labute approximate surface area is 123 Å². The number of rotatable bonds is 6. The Morgan fingerprint density at radius 3 is 2.57 bits per heavy atom. The number of methoxy groups -OCH3 is 2. The van der Waals surface area contributed by atoms with Gasteiger partial charge in [0.05, 0.1) is 19.9 Å². The van der Waals surface area contributed by atoms with Crippen molar-refractivity contribution in [1.82, 2.24) is 9.97 Å². The maximum absolute atomic E-state index is 6.06. The molecule has 7 heteroatoms. The summed E-state index contributed by atoms with van der Waals surface area (Å²) < 4.78 is 10.5. The van der Waals surface area contributed by atoms with Crippen molar-refractivity contribution in [1.29, 1.82) is 0 Å². The smallest absolute Gasteiger partial charge is 0.159 e. The number of nitrogens with zero attached hydrogens (tertiary/aromatic N) is 2. The molecular weight excluding hydrogens is 270 g/mol. The van der Waals surface area contributed by atoms with Gasteiger partial charge in [0.2, 0.25) is 0 Å². The van der Waals surface area contributed by atoms with Crippen LogP contribution in [0.15, 0.2) is 24.5 Å². The Bertz CT molecular complexity index is 618. The normalized spacial score (nSPS) is 10.0. The summed E-state index contributed by atoms with van der Waals surface area (Å²) in [5.74, 6) is 2.47. The van der Waals surface area contributed by atoms with Crippen LogP contribution in [0.25, 0.3) is 0 Å². The van der Waals surface area contributed by atoms with Crippen molar-refractivity contribution in [3.63, 3.8) is 0 Å². The second-order valence-electron chi connectivity index (χ2n) is 4.21. The lowest BCUT2D eigenvalue weighted by Gasteiger charge is -2.14. The van der Waals surface area contributed by atoms with Crippen molar-refractivity contribution in [2.75, 3.05) is 37.1 Å². The number of anilines is 4. The number of ether oxygens (including phenoxy) is 2. The first-order chi connectivity index (χ1) is 10.2. The van der Waals surface area contributed by atoms with Crippen LogP contribution in [-0.2, 0) is 0 Å². The molecule has 1 heterocycles. The molecule has 4 N–H and O–H groups in total. The molecule has 2 rings (SSSR count). The van der Waals surface area contributed by atoms with Crippen LogP contribution in [0.4, 0.5) is 23.0 Å². The van der Waals surface area contributed by atoms with Crippen LogP contribution >= 0.6 is 0 Å². The molecule has 0 amide bonds. The van der Waals surface area contributed by atoms with Crippen LogP contribution in [0.5, 0.6) is 11.5 Å². The van der Waals surface area contributed by atoms with Crippen LogP contribution in [0.2, 0.25) is 0 Å². The van der Waals surface area contributed by atoms with Crippen LogP contribution in [0, 0.1) is 0 Å². The maximum Gasteiger partial charge on any atom is 0.159 e. The molecule has 1 aromatic carbocycles. The van der Waals surface area contributed by atoms with E-state index in [1.54, 1.807) is 14.2 Å². The van der Waals surface area contributed by atoms with Gasteiger partial charge in [-0.3, -0.25) is 0 Å². The van der Waals surface area contributed by atoms with Crippen LogP contribution in [0.1, 0.15) is 6.92 Å². The minimum absolute atomic E-state index is 0.448. The van der Waals surface area contributed by atoms with E-state index in [0.717, 1.165) is 6.54 Å². The highest BCUT2D eigenvalue weighted by Gasteiger charge is 2.11. The Kier molecular flexibility index (Phi) is 4.65. The third-order valence-electron chi connectivity index (χ3n) is 2.89. The Morgan fingerprint density at radius 2 is 1.90 bits per heavy atom. The molecule has 112 valence electrons. The van der Waals surface area contributed by atoms with E-state index in [1.165, 1.54) is 6.33 Å². The second kappa shape index (κ2) is 6.65. The van der Waals surface area contributed by atoms with Crippen LogP contribution < -0.4 is 25.8 Å². The largest absolute Gasteiger partial charge is 0.497 e. The van der Waals surface area contributed by atoms with Gasteiger partial charge in [-0.15, -0.1) is 0 Å². The SMILES string of the molecule is CCNc1ncnc(Nc2cc(OC)ccc2OC)c1N. The Balaban J connectivity index is 2.35. The molecule has 0 aliphatic carbocycles. The topological polar surface area (TPSA) is 94.3 Å².